The van der Waals surface area contributed by atoms with Gasteiger partial charge in [-0.25, -0.2) is 9.59 Å². The van der Waals surface area contributed by atoms with Crippen LogP contribution in [0, 0.1) is 0 Å². The van der Waals surface area contributed by atoms with E-state index in [1.807, 2.05) is 6.92 Å². The molecule has 0 aromatic heterocycles. The van der Waals surface area contributed by atoms with E-state index in [0.717, 1.165) is 19.6 Å². The number of nitrogens with zero attached hydrogens (tertiary/aromatic N) is 2. The first-order chi connectivity index (χ1) is 16.3. The second-order valence-corrected chi connectivity index (χ2v) is 7.75. The standard InChI is InChI=1S/C23H38N4O6S/c1-6-26(7-2)12-13-27(8-3)23(30)33-18-10-9-17(15-19(18)31-5)20(32-22(29)24-4)16-25-21(28)11-14-34/h9-10,15,20,34H,6-8,11-14,16H2,1-5H3,(H,24,29)(H,25,28). The zero-order valence-electron chi connectivity index (χ0n) is 20.8. The molecule has 1 aromatic rings. The number of alkyl carbamates (subject to hydrolysis) is 1. The van der Waals surface area contributed by atoms with E-state index in [2.05, 4.69) is 42.0 Å². The highest BCUT2D eigenvalue weighted by Crippen LogP contribution is 2.32. The number of hydrogen-bond acceptors (Lipinski definition) is 8. The summed E-state index contributed by atoms with van der Waals surface area (Å²) in [6.07, 6.45) is -1.65. The van der Waals surface area contributed by atoms with Crippen molar-refractivity contribution in [2.45, 2.75) is 33.3 Å². The second kappa shape index (κ2) is 16.0. The number of nitrogens with one attached hydrogen (secondary N) is 2. The third kappa shape index (κ3) is 9.68. The molecule has 0 radical (unpaired) electrons. The molecule has 1 atom stereocenters. The highest BCUT2D eigenvalue weighted by Gasteiger charge is 2.22. The summed E-state index contributed by atoms with van der Waals surface area (Å²) >= 11 is 4.04. The molecule has 2 N–H and O–H groups in total. The molecule has 0 spiro atoms. The Hall–Kier alpha value is -2.66. The number of methoxy groups -OCH3 is 1. The first-order valence-corrected chi connectivity index (χ1v) is 12.1. The quantitative estimate of drug-likeness (QED) is 0.338. The Labute approximate surface area is 207 Å². The Bertz CT molecular complexity index is 791. The van der Waals surface area contributed by atoms with Crippen molar-refractivity contribution in [3.63, 3.8) is 0 Å². The van der Waals surface area contributed by atoms with Crippen LogP contribution in [0.5, 0.6) is 11.5 Å². The number of hydrogen-bond donors (Lipinski definition) is 3. The summed E-state index contributed by atoms with van der Waals surface area (Å²) in [5.74, 6) is 0.750. The van der Waals surface area contributed by atoms with Crippen molar-refractivity contribution in [3.8, 4) is 11.5 Å². The molecule has 3 amide bonds. The summed E-state index contributed by atoms with van der Waals surface area (Å²) in [6.45, 7) is 9.75. The summed E-state index contributed by atoms with van der Waals surface area (Å²) < 4.78 is 16.4. The number of likely N-dealkylation sites (N-methyl/N-ethyl adjacent to an activating group) is 2. The van der Waals surface area contributed by atoms with Crippen LogP contribution in [0.1, 0.15) is 38.9 Å². The van der Waals surface area contributed by atoms with Crippen LogP contribution in [0.25, 0.3) is 0 Å². The summed E-state index contributed by atoms with van der Waals surface area (Å²) in [7, 11) is 2.90. The summed E-state index contributed by atoms with van der Waals surface area (Å²) in [5, 5.41) is 5.12. The van der Waals surface area contributed by atoms with Crippen LogP contribution in [0.2, 0.25) is 0 Å². The molecule has 34 heavy (non-hydrogen) atoms. The maximum absolute atomic E-state index is 12.7. The normalized spacial score (nSPS) is 11.5. The first kappa shape index (κ1) is 29.4. The minimum Gasteiger partial charge on any atom is -0.493 e. The number of carbonyl (C=O) groups is 3. The Balaban J connectivity index is 2.99. The van der Waals surface area contributed by atoms with Crippen molar-refractivity contribution in [1.29, 1.82) is 0 Å². The fraction of sp³-hybridized carbons (Fsp3) is 0.609. The van der Waals surface area contributed by atoms with Crippen molar-refractivity contribution in [1.82, 2.24) is 20.4 Å². The van der Waals surface area contributed by atoms with E-state index in [4.69, 9.17) is 14.2 Å². The van der Waals surface area contributed by atoms with E-state index < -0.39 is 18.3 Å². The average Bonchev–Trinajstić information content (AvgIpc) is 2.84. The number of thiol groups is 1. The van der Waals surface area contributed by atoms with Gasteiger partial charge in [0.2, 0.25) is 5.91 Å². The molecule has 0 aliphatic carbocycles. The Morgan fingerprint density at radius 3 is 2.32 bits per heavy atom. The molecule has 11 heteroatoms. The predicted octanol–water partition coefficient (Wildman–Crippen LogP) is 2.69. The second-order valence-electron chi connectivity index (χ2n) is 7.31. The van der Waals surface area contributed by atoms with Crippen LogP contribution in [-0.2, 0) is 9.53 Å². The molecule has 0 aliphatic heterocycles. The van der Waals surface area contributed by atoms with E-state index in [9.17, 15) is 14.4 Å². The highest BCUT2D eigenvalue weighted by molar-refractivity contribution is 7.80. The third-order valence-corrected chi connectivity index (χ3v) is 5.48. The zero-order chi connectivity index (χ0) is 25.5. The van der Waals surface area contributed by atoms with Gasteiger partial charge in [0, 0.05) is 33.1 Å². The van der Waals surface area contributed by atoms with Gasteiger partial charge in [-0.1, -0.05) is 19.9 Å². The largest absolute Gasteiger partial charge is 0.493 e. The van der Waals surface area contributed by atoms with Gasteiger partial charge in [-0.15, -0.1) is 0 Å². The fourth-order valence-corrected chi connectivity index (χ4v) is 3.32. The number of ether oxygens (including phenoxy) is 3. The van der Waals surface area contributed by atoms with Gasteiger partial charge in [0.15, 0.2) is 11.5 Å². The van der Waals surface area contributed by atoms with Gasteiger partial charge < -0.3 is 34.6 Å². The summed E-state index contributed by atoms with van der Waals surface area (Å²) in [5.41, 5.74) is 0.570. The van der Waals surface area contributed by atoms with Crippen LogP contribution >= 0.6 is 12.6 Å². The molecule has 1 rings (SSSR count). The van der Waals surface area contributed by atoms with E-state index in [-0.39, 0.29) is 24.6 Å². The lowest BCUT2D eigenvalue weighted by atomic mass is 10.1. The minimum absolute atomic E-state index is 0.0668. The van der Waals surface area contributed by atoms with Crippen molar-refractivity contribution in [3.05, 3.63) is 23.8 Å². The molecule has 0 aliphatic rings. The van der Waals surface area contributed by atoms with Crippen LogP contribution < -0.4 is 20.1 Å². The van der Waals surface area contributed by atoms with E-state index >= 15 is 0 Å². The predicted molar refractivity (Wildman–Crippen MR) is 134 cm³/mol. The van der Waals surface area contributed by atoms with Gasteiger partial charge in [0.05, 0.1) is 13.7 Å². The SMILES string of the molecule is CCN(CC)CCN(CC)C(=O)Oc1ccc(C(CNC(=O)CCS)OC(=O)NC)cc1OC. The van der Waals surface area contributed by atoms with Crippen LogP contribution in [0.4, 0.5) is 9.59 Å². The first-order valence-electron chi connectivity index (χ1n) is 11.5. The Morgan fingerprint density at radius 1 is 1.06 bits per heavy atom. The van der Waals surface area contributed by atoms with E-state index in [0.29, 0.717) is 30.2 Å². The monoisotopic (exact) mass is 498 g/mol. The van der Waals surface area contributed by atoms with Gasteiger partial charge in [0.1, 0.15) is 6.10 Å². The molecule has 1 unspecified atom stereocenters. The summed E-state index contributed by atoms with van der Waals surface area (Å²) in [4.78, 5) is 40.3. The Morgan fingerprint density at radius 2 is 1.76 bits per heavy atom. The maximum atomic E-state index is 12.7. The lowest BCUT2D eigenvalue weighted by Crippen LogP contribution is -2.40. The van der Waals surface area contributed by atoms with E-state index in [1.54, 1.807) is 23.1 Å². The molecular formula is C23H38N4O6S. The fourth-order valence-electron chi connectivity index (χ4n) is 3.12. The maximum Gasteiger partial charge on any atom is 0.415 e. The van der Waals surface area contributed by atoms with Crippen LogP contribution in [0.15, 0.2) is 18.2 Å². The van der Waals surface area contributed by atoms with Crippen molar-refractivity contribution in [2.75, 3.05) is 59.2 Å². The van der Waals surface area contributed by atoms with E-state index in [1.165, 1.54) is 14.2 Å². The molecule has 192 valence electrons. The third-order valence-electron chi connectivity index (χ3n) is 5.25. The average molecular weight is 499 g/mol. The smallest absolute Gasteiger partial charge is 0.415 e. The van der Waals surface area contributed by atoms with Crippen LogP contribution in [0.3, 0.4) is 0 Å². The highest BCUT2D eigenvalue weighted by atomic mass is 32.1. The lowest BCUT2D eigenvalue weighted by Gasteiger charge is -2.25. The number of carbonyl (C=O) groups excluding carboxylic acids is 3. The van der Waals surface area contributed by atoms with Gasteiger partial charge in [0.25, 0.3) is 0 Å². The molecule has 0 heterocycles. The Kier molecular flexibility index (Phi) is 13.9. The van der Waals surface area contributed by atoms with Crippen molar-refractivity contribution in [2.24, 2.45) is 0 Å². The molecule has 0 saturated heterocycles. The topological polar surface area (TPSA) is 109 Å². The van der Waals surface area contributed by atoms with Gasteiger partial charge >= 0.3 is 12.2 Å². The minimum atomic E-state index is -0.774. The number of amides is 3. The van der Waals surface area contributed by atoms with Crippen LogP contribution in [-0.4, -0.2) is 87.1 Å². The number of benzene rings is 1. The van der Waals surface area contributed by atoms with Crippen molar-refractivity contribution < 1.29 is 28.6 Å². The molecule has 0 saturated carbocycles. The lowest BCUT2D eigenvalue weighted by molar-refractivity contribution is -0.121. The molecular weight excluding hydrogens is 460 g/mol. The zero-order valence-corrected chi connectivity index (χ0v) is 21.7. The number of rotatable bonds is 14. The molecule has 0 bridgehead atoms. The van der Waals surface area contributed by atoms with Gasteiger partial charge in [-0.2, -0.15) is 12.6 Å². The van der Waals surface area contributed by atoms with Crippen molar-refractivity contribution >= 4 is 30.7 Å². The van der Waals surface area contributed by atoms with Gasteiger partial charge in [-0.05, 0) is 43.5 Å². The molecule has 0 fully saturated rings. The molecule has 1 aromatic carbocycles. The van der Waals surface area contributed by atoms with Gasteiger partial charge in [-0.3, -0.25) is 4.79 Å². The molecule has 10 nitrogen and oxygen atoms in total. The summed E-state index contributed by atoms with van der Waals surface area (Å²) in [6, 6.07) is 4.86.